The lowest BCUT2D eigenvalue weighted by Gasteiger charge is -2.29. The number of carbonyl (C=O) groups is 1. The molecule has 1 aromatic rings. The second-order valence-corrected chi connectivity index (χ2v) is 5.36. The van der Waals surface area contributed by atoms with Crippen molar-refractivity contribution >= 4 is 5.91 Å². The van der Waals surface area contributed by atoms with Gasteiger partial charge in [0, 0.05) is 18.7 Å². The van der Waals surface area contributed by atoms with Crippen LogP contribution >= 0.6 is 0 Å². The van der Waals surface area contributed by atoms with E-state index in [4.69, 9.17) is 4.74 Å². The average Bonchev–Trinajstić information content (AvgIpc) is 2.47. The van der Waals surface area contributed by atoms with Crippen LogP contribution < -0.4 is 4.74 Å². The van der Waals surface area contributed by atoms with Crippen molar-refractivity contribution in [1.29, 1.82) is 0 Å². The van der Waals surface area contributed by atoms with Crippen molar-refractivity contribution in [2.45, 2.75) is 45.3 Å². The number of hydrogen-bond acceptors (Lipinski definition) is 3. The Bertz CT molecular complexity index is 453. The standard InChI is InChI=1S/C16H23NO3/c1-12(18)14-8-4-5-9-15(14)20-13(2)16(19)17-10-6-3-7-11-17/h4-5,8-9,12-13,18H,3,6-7,10-11H2,1-2H3. The number of aliphatic hydroxyl groups is 1. The summed E-state index contributed by atoms with van der Waals surface area (Å²) < 4.78 is 5.77. The molecule has 4 nitrogen and oxygen atoms in total. The molecule has 1 aromatic carbocycles. The highest BCUT2D eigenvalue weighted by Crippen LogP contribution is 2.26. The molecule has 1 heterocycles. The van der Waals surface area contributed by atoms with Crippen molar-refractivity contribution < 1.29 is 14.6 Å². The van der Waals surface area contributed by atoms with E-state index in [1.807, 2.05) is 23.1 Å². The van der Waals surface area contributed by atoms with Crippen LogP contribution in [0.1, 0.15) is 44.8 Å². The summed E-state index contributed by atoms with van der Waals surface area (Å²) in [6, 6.07) is 7.31. The summed E-state index contributed by atoms with van der Waals surface area (Å²) in [6.45, 7) is 5.12. The first-order valence-corrected chi connectivity index (χ1v) is 7.32. The van der Waals surface area contributed by atoms with Crippen LogP contribution in [0.5, 0.6) is 5.75 Å². The number of ether oxygens (including phenoxy) is 1. The highest BCUT2D eigenvalue weighted by Gasteiger charge is 2.24. The number of benzene rings is 1. The van der Waals surface area contributed by atoms with Crippen molar-refractivity contribution in [3.63, 3.8) is 0 Å². The quantitative estimate of drug-likeness (QED) is 0.920. The van der Waals surface area contributed by atoms with Gasteiger partial charge in [0.15, 0.2) is 6.10 Å². The predicted molar refractivity (Wildman–Crippen MR) is 77.6 cm³/mol. The molecule has 2 rings (SSSR count). The minimum Gasteiger partial charge on any atom is -0.481 e. The van der Waals surface area contributed by atoms with E-state index in [9.17, 15) is 9.90 Å². The molecule has 0 aliphatic carbocycles. The monoisotopic (exact) mass is 277 g/mol. The molecule has 1 aliphatic heterocycles. The van der Waals surface area contributed by atoms with Gasteiger partial charge < -0.3 is 14.7 Å². The largest absolute Gasteiger partial charge is 0.481 e. The topological polar surface area (TPSA) is 49.8 Å². The van der Waals surface area contributed by atoms with Crippen molar-refractivity contribution in [3.8, 4) is 5.75 Å². The number of para-hydroxylation sites is 1. The fourth-order valence-electron chi connectivity index (χ4n) is 2.55. The van der Waals surface area contributed by atoms with Crippen LogP contribution in [0.2, 0.25) is 0 Å². The highest BCUT2D eigenvalue weighted by atomic mass is 16.5. The van der Waals surface area contributed by atoms with E-state index in [2.05, 4.69) is 0 Å². The Hall–Kier alpha value is -1.55. The summed E-state index contributed by atoms with van der Waals surface area (Å²) in [6.07, 6.45) is 2.21. The fourth-order valence-corrected chi connectivity index (χ4v) is 2.55. The van der Waals surface area contributed by atoms with Gasteiger partial charge in [0.2, 0.25) is 0 Å². The Labute approximate surface area is 120 Å². The van der Waals surface area contributed by atoms with Crippen LogP contribution in [-0.2, 0) is 4.79 Å². The molecule has 1 saturated heterocycles. The molecule has 20 heavy (non-hydrogen) atoms. The molecule has 1 N–H and O–H groups in total. The molecule has 1 fully saturated rings. The zero-order valence-corrected chi connectivity index (χ0v) is 12.2. The SMILES string of the molecule is CC(Oc1ccccc1C(C)O)C(=O)N1CCCCC1. The second-order valence-electron chi connectivity index (χ2n) is 5.36. The molecule has 1 amide bonds. The van der Waals surface area contributed by atoms with Gasteiger partial charge in [0.05, 0.1) is 6.10 Å². The molecule has 0 bridgehead atoms. The van der Waals surface area contributed by atoms with Gasteiger partial charge in [0.25, 0.3) is 5.91 Å². The lowest BCUT2D eigenvalue weighted by atomic mass is 10.1. The van der Waals surface area contributed by atoms with Crippen LogP contribution in [0.4, 0.5) is 0 Å². The molecular weight excluding hydrogens is 254 g/mol. The third kappa shape index (κ3) is 3.51. The summed E-state index contributed by atoms with van der Waals surface area (Å²) in [5.41, 5.74) is 0.714. The van der Waals surface area contributed by atoms with Gasteiger partial charge in [0.1, 0.15) is 5.75 Å². The Morgan fingerprint density at radius 2 is 1.85 bits per heavy atom. The van der Waals surface area contributed by atoms with E-state index in [1.54, 1.807) is 19.9 Å². The third-order valence-electron chi connectivity index (χ3n) is 3.69. The Kier molecular flexibility index (Phi) is 5.01. The van der Waals surface area contributed by atoms with Gasteiger partial charge in [-0.15, -0.1) is 0 Å². The molecule has 0 spiro atoms. The summed E-state index contributed by atoms with van der Waals surface area (Å²) in [4.78, 5) is 14.2. The normalized spacial score (nSPS) is 18.4. The minimum atomic E-state index is -0.608. The van der Waals surface area contributed by atoms with Crippen LogP contribution in [0, 0.1) is 0 Å². The minimum absolute atomic E-state index is 0.0325. The maximum atomic E-state index is 12.3. The summed E-state index contributed by atoms with van der Waals surface area (Å²) in [7, 11) is 0. The second kappa shape index (κ2) is 6.75. The molecule has 0 aromatic heterocycles. The van der Waals surface area contributed by atoms with Crippen LogP contribution in [-0.4, -0.2) is 35.1 Å². The maximum absolute atomic E-state index is 12.3. The van der Waals surface area contributed by atoms with Gasteiger partial charge in [-0.1, -0.05) is 18.2 Å². The number of piperidine rings is 1. The Morgan fingerprint density at radius 1 is 1.20 bits per heavy atom. The summed E-state index contributed by atoms with van der Waals surface area (Å²) in [5.74, 6) is 0.616. The summed E-state index contributed by atoms with van der Waals surface area (Å²) >= 11 is 0. The smallest absolute Gasteiger partial charge is 0.263 e. The molecule has 2 unspecified atom stereocenters. The van der Waals surface area contributed by atoms with Crippen molar-refractivity contribution in [2.24, 2.45) is 0 Å². The third-order valence-corrected chi connectivity index (χ3v) is 3.69. The van der Waals surface area contributed by atoms with E-state index >= 15 is 0 Å². The van der Waals surface area contributed by atoms with E-state index in [-0.39, 0.29) is 5.91 Å². The first kappa shape index (κ1) is 14.9. The number of hydrogen-bond donors (Lipinski definition) is 1. The number of nitrogens with zero attached hydrogens (tertiary/aromatic N) is 1. The van der Waals surface area contributed by atoms with Gasteiger partial charge in [-0.3, -0.25) is 4.79 Å². The average molecular weight is 277 g/mol. The van der Waals surface area contributed by atoms with Crippen molar-refractivity contribution in [1.82, 2.24) is 4.90 Å². The van der Waals surface area contributed by atoms with E-state index in [0.29, 0.717) is 11.3 Å². The van der Waals surface area contributed by atoms with Gasteiger partial charge in [-0.25, -0.2) is 0 Å². The summed E-state index contributed by atoms with van der Waals surface area (Å²) in [5, 5.41) is 9.73. The molecular formula is C16H23NO3. The molecule has 1 aliphatic rings. The van der Waals surface area contributed by atoms with Crippen LogP contribution in [0.3, 0.4) is 0 Å². The zero-order valence-electron chi connectivity index (χ0n) is 12.2. The van der Waals surface area contributed by atoms with Crippen molar-refractivity contribution in [2.75, 3.05) is 13.1 Å². The number of aliphatic hydroxyl groups excluding tert-OH is 1. The number of amides is 1. The van der Waals surface area contributed by atoms with Crippen molar-refractivity contribution in [3.05, 3.63) is 29.8 Å². The first-order chi connectivity index (χ1) is 9.59. The fraction of sp³-hybridized carbons (Fsp3) is 0.562. The van der Waals surface area contributed by atoms with Gasteiger partial charge in [-0.05, 0) is 39.2 Å². The molecule has 4 heteroatoms. The maximum Gasteiger partial charge on any atom is 0.263 e. The van der Waals surface area contributed by atoms with Crippen LogP contribution in [0.25, 0.3) is 0 Å². The van der Waals surface area contributed by atoms with E-state index in [1.165, 1.54) is 6.42 Å². The number of rotatable bonds is 4. The zero-order chi connectivity index (χ0) is 14.5. The van der Waals surface area contributed by atoms with Gasteiger partial charge in [-0.2, -0.15) is 0 Å². The molecule has 0 saturated carbocycles. The first-order valence-electron chi connectivity index (χ1n) is 7.32. The van der Waals surface area contributed by atoms with E-state index < -0.39 is 12.2 Å². The molecule has 2 atom stereocenters. The number of likely N-dealkylation sites (tertiary alicyclic amines) is 1. The Morgan fingerprint density at radius 3 is 2.50 bits per heavy atom. The van der Waals surface area contributed by atoms with Gasteiger partial charge >= 0.3 is 0 Å². The van der Waals surface area contributed by atoms with Crippen LogP contribution in [0.15, 0.2) is 24.3 Å². The molecule has 0 radical (unpaired) electrons. The van der Waals surface area contributed by atoms with E-state index in [0.717, 1.165) is 25.9 Å². The number of carbonyl (C=O) groups excluding carboxylic acids is 1. The highest BCUT2D eigenvalue weighted by molar-refractivity contribution is 5.81. The predicted octanol–water partition coefficient (Wildman–Crippen LogP) is 2.52. The lowest BCUT2D eigenvalue weighted by Crippen LogP contribution is -2.43. The molecule has 110 valence electrons. The Balaban J connectivity index is 2.03. The lowest BCUT2D eigenvalue weighted by molar-refractivity contribution is -0.138.